The van der Waals surface area contributed by atoms with Crippen molar-refractivity contribution >= 4 is 5.97 Å². The van der Waals surface area contributed by atoms with Gasteiger partial charge in [-0.15, -0.1) is 0 Å². The maximum Gasteiger partial charge on any atom is 0.305 e. The van der Waals surface area contributed by atoms with Crippen LogP contribution in [0.5, 0.6) is 0 Å². The molecular formula is C46H92O7. The number of ether oxygens (including phenoxy) is 6. The van der Waals surface area contributed by atoms with Gasteiger partial charge in [0.2, 0.25) is 0 Å². The molecule has 0 atom stereocenters. The summed E-state index contributed by atoms with van der Waals surface area (Å²) in [5.74, 6) is -0.112. The Morgan fingerprint density at radius 3 is 0.792 bits per heavy atom. The van der Waals surface area contributed by atoms with Gasteiger partial charge in [0.05, 0.1) is 59.5 Å². The van der Waals surface area contributed by atoms with E-state index in [0.29, 0.717) is 72.5 Å². The molecule has 0 radical (unpaired) electrons. The van der Waals surface area contributed by atoms with Crippen molar-refractivity contribution in [1.82, 2.24) is 0 Å². The maximum absolute atomic E-state index is 11.9. The summed E-state index contributed by atoms with van der Waals surface area (Å²) in [6.07, 6.45) is 42.6. The largest absolute Gasteiger partial charge is 0.463 e. The van der Waals surface area contributed by atoms with Gasteiger partial charge in [0.25, 0.3) is 0 Å². The zero-order valence-corrected chi connectivity index (χ0v) is 35.8. The van der Waals surface area contributed by atoms with Crippen molar-refractivity contribution in [3.8, 4) is 0 Å². The molecule has 0 saturated carbocycles. The fourth-order valence-electron chi connectivity index (χ4n) is 6.66. The lowest BCUT2D eigenvalue weighted by atomic mass is 10.0. The average molecular weight is 757 g/mol. The minimum absolute atomic E-state index is 0.112. The second kappa shape index (κ2) is 49.3. The fourth-order valence-corrected chi connectivity index (χ4v) is 6.66. The summed E-state index contributed by atoms with van der Waals surface area (Å²) >= 11 is 0. The molecule has 0 fully saturated rings. The van der Waals surface area contributed by atoms with Crippen LogP contribution in [0.1, 0.15) is 219 Å². The zero-order valence-electron chi connectivity index (χ0n) is 35.8. The first-order valence-corrected chi connectivity index (χ1v) is 23.4. The van der Waals surface area contributed by atoms with Crippen molar-refractivity contribution in [3.63, 3.8) is 0 Å². The van der Waals surface area contributed by atoms with Crippen molar-refractivity contribution < 1.29 is 33.2 Å². The Bertz CT molecular complexity index is 662. The van der Waals surface area contributed by atoms with Crippen LogP contribution in [0.15, 0.2) is 0 Å². The quantitative estimate of drug-likeness (QED) is 0.0452. The van der Waals surface area contributed by atoms with E-state index < -0.39 is 0 Å². The molecule has 0 aromatic rings. The van der Waals surface area contributed by atoms with Crippen LogP contribution < -0.4 is 0 Å². The van der Waals surface area contributed by atoms with E-state index >= 15 is 0 Å². The highest BCUT2D eigenvalue weighted by Gasteiger charge is 2.03. The Kier molecular flexibility index (Phi) is 48.6. The second-order valence-electron chi connectivity index (χ2n) is 15.3. The molecule has 7 nitrogen and oxygen atoms in total. The number of hydrogen-bond acceptors (Lipinski definition) is 7. The summed E-state index contributed by atoms with van der Waals surface area (Å²) in [7, 11) is 0. The molecule has 0 aliphatic rings. The van der Waals surface area contributed by atoms with Gasteiger partial charge in [-0.05, 0) is 12.8 Å². The van der Waals surface area contributed by atoms with Crippen LogP contribution in [0.4, 0.5) is 0 Å². The molecule has 0 spiro atoms. The molecule has 0 rings (SSSR count). The molecule has 0 bridgehead atoms. The van der Waals surface area contributed by atoms with Crippen LogP contribution in [0, 0.1) is 0 Å². The molecule has 318 valence electrons. The molecule has 0 N–H and O–H groups in total. The number of carbonyl (C=O) groups excluding carboxylic acids is 1. The van der Waals surface area contributed by atoms with Gasteiger partial charge < -0.3 is 28.4 Å². The summed E-state index contributed by atoms with van der Waals surface area (Å²) in [6.45, 7) is 10.6. The van der Waals surface area contributed by atoms with Gasteiger partial charge in [-0.3, -0.25) is 4.79 Å². The van der Waals surface area contributed by atoms with E-state index in [4.69, 9.17) is 28.4 Å². The highest BCUT2D eigenvalue weighted by Crippen LogP contribution is 2.15. The first-order valence-electron chi connectivity index (χ1n) is 23.4. The van der Waals surface area contributed by atoms with Crippen LogP contribution >= 0.6 is 0 Å². The molecule has 7 heteroatoms. The molecule has 0 aliphatic heterocycles. The molecule has 0 aromatic heterocycles. The lowest BCUT2D eigenvalue weighted by molar-refractivity contribution is -0.145. The molecule has 0 aromatic carbocycles. The molecule has 53 heavy (non-hydrogen) atoms. The van der Waals surface area contributed by atoms with Crippen molar-refractivity contribution in [1.29, 1.82) is 0 Å². The van der Waals surface area contributed by atoms with E-state index in [1.54, 1.807) is 0 Å². The summed E-state index contributed by atoms with van der Waals surface area (Å²) in [5.41, 5.74) is 0. The molecule has 0 saturated heterocycles. The number of carbonyl (C=O) groups is 1. The van der Waals surface area contributed by atoms with Crippen LogP contribution in [-0.2, 0) is 33.2 Å². The summed E-state index contributed by atoms with van der Waals surface area (Å²) in [4.78, 5) is 11.9. The van der Waals surface area contributed by atoms with Gasteiger partial charge in [0.15, 0.2) is 0 Å². The van der Waals surface area contributed by atoms with Gasteiger partial charge in [-0.1, -0.05) is 200 Å². The Balaban J connectivity index is 3.12. The van der Waals surface area contributed by atoms with Gasteiger partial charge >= 0.3 is 5.97 Å². The first kappa shape index (κ1) is 52.3. The molecule has 0 aliphatic carbocycles. The van der Waals surface area contributed by atoms with Crippen LogP contribution in [0.2, 0.25) is 0 Å². The zero-order chi connectivity index (χ0) is 38.2. The molecule has 0 heterocycles. The summed E-state index contributed by atoms with van der Waals surface area (Å²) in [5, 5.41) is 0. The van der Waals surface area contributed by atoms with E-state index in [2.05, 4.69) is 13.8 Å². The van der Waals surface area contributed by atoms with Gasteiger partial charge in [-0.2, -0.15) is 0 Å². The van der Waals surface area contributed by atoms with Gasteiger partial charge in [-0.25, -0.2) is 0 Å². The smallest absolute Gasteiger partial charge is 0.305 e. The highest BCUT2D eigenvalue weighted by atomic mass is 16.6. The Hall–Kier alpha value is -0.730. The fraction of sp³-hybridized carbons (Fsp3) is 0.978. The van der Waals surface area contributed by atoms with Crippen LogP contribution in [-0.4, -0.2) is 78.6 Å². The van der Waals surface area contributed by atoms with Crippen molar-refractivity contribution in [2.24, 2.45) is 0 Å². The first-order chi connectivity index (χ1) is 26.3. The molecule has 0 amide bonds. The third-order valence-electron chi connectivity index (χ3n) is 10.1. The Morgan fingerprint density at radius 2 is 0.491 bits per heavy atom. The third kappa shape index (κ3) is 49.3. The molecular weight excluding hydrogens is 664 g/mol. The van der Waals surface area contributed by atoms with Crippen molar-refractivity contribution in [2.45, 2.75) is 219 Å². The number of unbranched alkanes of at least 4 members (excludes halogenated alkanes) is 29. The minimum atomic E-state index is -0.112. The number of esters is 1. The molecule has 0 unspecified atom stereocenters. The SMILES string of the molecule is CCCCCCCCCCCCCCCCCCOCCOCCOCCOCCOCCOC(=O)CCCCCCCCCCCCCCCCC. The van der Waals surface area contributed by atoms with Crippen molar-refractivity contribution in [3.05, 3.63) is 0 Å². The predicted octanol–water partition coefficient (Wildman–Crippen LogP) is 13.1. The van der Waals surface area contributed by atoms with Crippen molar-refractivity contribution in [2.75, 3.05) is 72.7 Å². The Morgan fingerprint density at radius 1 is 0.264 bits per heavy atom. The number of hydrogen-bond donors (Lipinski definition) is 0. The lowest BCUT2D eigenvalue weighted by Crippen LogP contribution is -2.15. The van der Waals surface area contributed by atoms with Gasteiger partial charge in [0, 0.05) is 13.0 Å². The Labute approximate surface area is 330 Å². The second-order valence-corrected chi connectivity index (χ2v) is 15.3. The summed E-state index contributed by atoms with van der Waals surface area (Å²) in [6, 6.07) is 0. The standard InChI is InChI=1S/C46H92O7/c1-3-5-7-9-11-13-15-17-19-21-23-25-27-29-31-33-35-48-36-37-49-38-39-50-40-41-51-42-43-52-44-45-53-46(47)34-32-30-28-26-24-22-20-18-16-14-12-10-8-6-4-2/h3-45H2,1-2H3. The monoisotopic (exact) mass is 757 g/mol. The van der Waals surface area contributed by atoms with Gasteiger partial charge in [0.1, 0.15) is 6.61 Å². The van der Waals surface area contributed by atoms with E-state index in [9.17, 15) is 4.79 Å². The maximum atomic E-state index is 11.9. The third-order valence-corrected chi connectivity index (χ3v) is 10.1. The topological polar surface area (TPSA) is 72.5 Å². The van der Waals surface area contributed by atoms with E-state index in [1.165, 1.54) is 180 Å². The van der Waals surface area contributed by atoms with Crippen LogP contribution in [0.3, 0.4) is 0 Å². The minimum Gasteiger partial charge on any atom is -0.463 e. The average Bonchev–Trinajstić information content (AvgIpc) is 3.16. The number of rotatable bonds is 48. The normalized spacial score (nSPS) is 11.5. The van der Waals surface area contributed by atoms with E-state index in [-0.39, 0.29) is 5.97 Å². The van der Waals surface area contributed by atoms with E-state index in [1.807, 2.05) is 0 Å². The lowest BCUT2D eigenvalue weighted by Gasteiger charge is -2.08. The highest BCUT2D eigenvalue weighted by molar-refractivity contribution is 5.69. The predicted molar refractivity (Wildman–Crippen MR) is 224 cm³/mol. The summed E-state index contributed by atoms with van der Waals surface area (Å²) < 4.78 is 33.2. The van der Waals surface area contributed by atoms with Crippen LogP contribution in [0.25, 0.3) is 0 Å². The van der Waals surface area contributed by atoms with E-state index in [0.717, 1.165) is 25.9 Å².